The largest absolute Gasteiger partial charge is 0.508 e. The molecule has 0 radical (unpaired) electrons. The van der Waals surface area contributed by atoms with Crippen LogP contribution in [-0.2, 0) is 19.1 Å². The lowest BCUT2D eigenvalue weighted by atomic mass is 9.79. The number of ether oxygens (including phenoxy) is 2. The van der Waals surface area contributed by atoms with Crippen LogP contribution in [0.25, 0.3) is 0 Å². The fourth-order valence-corrected chi connectivity index (χ4v) is 3.97. The molecule has 0 bridgehead atoms. The summed E-state index contributed by atoms with van der Waals surface area (Å²) in [4.78, 5) is 28.1. The van der Waals surface area contributed by atoms with Gasteiger partial charge in [-0.2, -0.15) is 0 Å². The predicted octanol–water partition coefficient (Wildman–Crippen LogP) is 4.67. The topological polar surface area (TPSA) is 76.1 Å². The van der Waals surface area contributed by atoms with Crippen LogP contribution in [0.4, 0.5) is 5.69 Å². The summed E-state index contributed by atoms with van der Waals surface area (Å²) in [6, 6.07) is 16.0. The Bertz CT molecular complexity index is 980. The van der Waals surface area contributed by atoms with Crippen molar-refractivity contribution in [2.24, 2.45) is 0 Å². The van der Waals surface area contributed by atoms with Gasteiger partial charge in [0, 0.05) is 17.1 Å². The van der Waals surface area contributed by atoms with E-state index in [9.17, 15) is 14.7 Å². The third-order valence-corrected chi connectivity index (χ3v) is 5.26. The fourth-order valence-electron chi connectivity index (χ4n) is 3.97. The third kappa shape index (κ3) is 4.33. The second kappa shape index (κ2) is 9.51. The summed E-state index contributed by atoms with van der Waals surface area (Å²) in [7, 11) is 0. The van der Waals surface area contributed by atoms with E-state index in [4.69, 9.17) is 9.47 Å². The maximum atomic E-state index is 13.1. The second-order valence-electron chi connectivity index (χ2n) is 7.13. The molecule has 0 atom stereocenters. The number of rotatable bonds is 6. The Kier molecular flexibility index (Phi) is 6.80. The number of phenolic OH excluding ortho intramolecular Hbond substituents is 1. The molecule has 3 rings (SSSR count). The van der Waals surface area contributed by atoms with Crippen LogP contribution in [0.5, 0.6) is 5.75 Å². The van der Waals surface area contributed by atoms with Crippen LogP contribution >= 0.6 is 0 Å². The van der Waals surface area contributed by atoms with Crippen molar-refractivity contribution in [2.45, 2.75) is 33.6 Å². The minimum Gasteiger partial charge on any atom is -0.508 e. The van der Waals surface area contributed by atoms with Gasteiger partial charge in [0.15, 0.2) is 0 Å². The lowest BCUT2D eigenvalue weighted by Gasteiger charge is -2.38. The number of anilines is 1. The van der Waals surface area contributed by atoms with Gasteiger partial charge in [0.25, 0.3) is 0 Å². The number of benzene rings is 2. The van der Waals surface area contributed by atoms with Gasteiger partial charge < -0.3 is 19.5 Å². The molecule has 1 aliphatic rings. The van der Waals surface area contributed by atoms with E-state index in [0.29, 0.717) is 28.2 Å². The number of carbonyl (C=O) groups is 2. The number of hydrogen-bond acceptors (Lipinski definition) is 6. The molecular formula is C25H27NO5. The number of allylic oxidation sites excluding steroid dienone is 2. The zero-order valence-electron chi connectivity index (χ0n) is 18.2. The molecule has 0 aliphatic carbocycles. The highest BCUT2D eigenvalue weighted by molar-refractivity contribution is 6.01. The summed E-state index contributed by atoms with van der Waals surface area (Å²) in [5.41, 5.74) is 3.59. The van der Waals surface area contributed by atoms with Gasteiger partial charge in [-0.05, 0) is 57.5 Å². The lowest BCUT2D eigenvalue weighted by Crippen LogP contribution is -2.35. The van der Waals surface area contributed by atoms with E-state index in [-0.39, 0.29) is 19.0 Å². The van der Waals surface area contributed by atoms with Crippen molar-refractivity contribution in [3.8, 4) is 5.75 Å². The summed E-state index contributed by atoms with van der Waals surface area (Å²) in [6.07, 6.45) is 0. The molecule has 0 saturated heterocycles. The van der Waals surface area contributed by atoms with Gasteiger partial charge in [-0.3, -0.25) is 0 Å². The normalized spacial score (nSPS) is 14.6. The van der Waals surface area contributed by atoms with Gasteiger partial charge in [-0.15, -0.1) is 0 Å². The van der Waals surface area contributed by atoms with E-state index in [0.717, 1.165) is 5.56 Å². The van der Waals surface area contributed by atoms with Gasteiger partial charge >= 0.3 is 11.9 Å². The van der Waals surface area contributed by atoms with Crippen LogP contribution in [0.3, 0.4) is 0 Å². The van der Waals surface area contributed by atoms with Crippen molar-refractivity contribution in [1.82, 2.24) is 0 Å². The maximum absolute atomic E-state index is 13.1. The summed E-state index contributed by atoms with van der Waals surface area (Å²) in [5, 5.41) is 9.71. The van der Waals surface area contributed by atoms with Crippen molar-refractivity contribution >= 4 is 17.6 Å². The van der Waals surface area contributed by atoms with E-state index < -0.39 is 17.9 Å². The SMILES string of the molecule is CCOC(=O)C1=C(C)N(c2ccc(O)cc2)C(C)=C(C(=O)OCC)C1c1ccccc1. The van der Waals surface area contributed by atoms with Crippen molar-refractivity contribution < 1.29 is 24.2 Å². The monoisotopic (exact) mass is 421 g/mol. The molecule has 6 nitrogen and oxygen atoms in total. The number of aromatic hydroxyl groups is 1. The lowest BCUT2D eigenvalue weighted by molar-refractivity contribution is -0.139. The Morgan fingerprint density at radius 3 is 1.77 bits per heavy atom. The van der Waals surface area contributed by atoms with Crippen molar-refractivity contribution in [3.63, 3.8) is 0 Å². The zero-order valence-corrected chi connectivity index (χ0v) is 18.2. The van der Waals surface area contributed by atoms with E-state index in [1.165, 1.54) is 0 Å². The second-order valence-corrected chi connectivity index (χ2v) is 7.13. The van der Waals surface area contributed by atoms with Crippen LogP contribution in [-0.4, -0.2) is 30.3 Å². The van der Waals surface area contributed by atoms with E-state index in [1.54, 1.807) is 38.1 Å². The van der Waals surface area contributed by atoms with Gasteiger partial charge in [-0.1, -0.05) is 30.3 Å². The molecule has 0 aromatic heterocycles. The average molecular weight is 421 g/mol. The Labute approximate surface area is 182 Å². The molecule has 0 fully saturated rings. The van der Waals surface area contributed by atoms with Crippen LogP contribution in [0.2, 0.25) is 0 Å². The van der Waals surface area contributed by atoms with Crippen LogP contribution in [0.15, 0.2) is 77.1 Å². The quantitative estimate of drug-likeness (QED) is 0.683. The molecule has 0 spiro atoms. The molecule has 1 heterocycles. The highest BCUT2D eigenvalue weighted by Crippen LogP contribution is 2.44. The molecule has 2 aromatic rings. The molecule has 1 aliphatic heterocycles. The minimum absolute atomic E-state index is 0.127. The summed E-state index contributed by atoms with van der Waals surface area (Å²) < 4.78 is 10.8. The molecule has 2 aromatic carbocycles. The third-order valence-electron chi connectivity index (χ3n) is 5.26. The number of esters is 2. The first-order chi connectivity index (χ1) is 14.9. The smallest absolute Gasteiger partial charge is 0.336 e. The molecule has 0 amide bonds. The molecule has 162 valence electrons. The van der Waals surface area contributed by atoms with Gasteiger partial charge in [0.2, 0.25) is 0 Å². The molecule has 6 heteroatoms. The summed E-state index contributed by atoms with van der Waals surface area (Å²) in [6.45, 7) is 7.60. The first kappa shape index (κ1) is 22.2. The number of carbonyl (C=O) groups excluding carboxylic acids is 2. The molecule has 31 heavy (non-hydrogen) atoms. The van der Waals surface area contributed by atoms with Gasteiger partial charge in [-0.25, -0.2) is 9.59 Å². The Morgan fingerprint density at radius 1 is 0.839 bits per heavy atom. The predicted molar refractivity (Wildman–Crippen MR) is 118 cm³/mol. The number of phenols is 1. The highest BCUT2D eigenvalue weighted by Gasteiger charge is 2.40. The average Bonchev–Trinajstić information content (AvgIpc) is 2.75. The first-order valence-corrected chi connectivity index (χ1v) is 10.3. The Balaban J connectivity index is 2.30. The minimum atomic E-state index is -0.618. The Morgan fingerprint density at radius 2 is 1.32 bits per heavy atom. The zero-order chi connectivity index (χ0) is 22.5. The van der Waals surface area contributed by atoms with Crippen molar-refractivity contribution in [1.29, 1.82) is 0 Å². The molecule has 1 N–H and O–H groups in total. The highest BCUT2D eigenvalue weighted by atomic mass is 16.5. The van der Waals surface area contributed by atoms with Crippen LogP contribution in [0, 0.1) is 0 Å². The fraction of sp³-hybridized carbons (Fsp3) is 0.280. The van der Waals surface area contributed by atoms with Crippen molar-refractivity contribution in [3.05, 3.63) is 82.7 Å². The first-order valence-electron chi connectivity index (χ1n) is 10.3. The summed E-state index contributed by atoms with van der Waals surface area (Å²) in [5.74, 6) is -1.45. The van der Waals surface area contributed by atoms with Gasteiger partial charge in [0.1, 0.15) is 5.75 Å². The Hall–Kier alpha value is -3.54. The van der Waals surface area contributed by atoms with E-state index >= 15 is 0 Å². The maximum Gasteiger partial charge on any atom is 0.336 e. The van der Waals surface area contributed by atoms with Gasteiger partial charge in [0.05, 0.1) is 30.3 Å². The van der Waals surface area contributed by atoms with E-state index in [2.05, 4.69) is 0 Å². The summed E-state index contributed by atoms with van der Waals surface area (Å²) >= 11 is 0. The van der Waals surface area contributed by atoms with E-state index in [1.807, 2.05) is 49.1 Å². The van der Waals surface area contributed by atoms with Crippen molar-refractivity contribution in [2.75, 3.05) is 18.1 Å². The van der Waals surface area contributed by atoms with Crippen LogP contribution < -0.4 is 4.90 Å². The van der Waals surface area contributed by atoms with Crippen LogP contribution in [0.1, 0.15) is 39.2 Å². The standard InChI is InChI=1S/C25H27NO5/c1-5-30-24(28)21-16(3)26(19-12-14-20(27)15-13-19)17(4)22(25(29)31-6-2)23(21)18-10-8-7-9-11-18/h7-15,23,27H,5-6H2,1-4H3. The number of nitrogens with zero attached hydrogens (tertiary/aromatic N) is 1. The molecule has 0 saturated carbocycles. The molecule has 0 unspecified atom stereocenters. The molecular weight excluding hydrogens is 394 g/mol. The number of hydrogen-bond donors (Lipinski definition) is 1.